The smallest absolute Gasteiger partial charge is 0.416 e. The van der Waals surface area contributed by atoms with E-state index in [2.05, 4.69) is 10.1 Å². The maximum Gasteiger partial charge on any atom is 0.416 e. The van der Waals surface area contributed by atoms with Crippen LogP contribution in [0.4, 0.5) is 22.0 Å². The molecule has 1 atom stereocenters. The predicted octanol–water partition coefficient (Wildman–Crippen LogP) is 7.01. The Labute approximate surface area is 239 Å². The number of halogens is 5. The van der Waals surface area contributed by atoms with Gasteiger partial charge in [0.05, 0.1) is 29.3 Å². The zero-order valence-corrected chi connectivity index (χ0v) is 23.5. The van der Waals surface area contributed by atoms with E-state index >= 15 is 4.39 Å². The molecule has 0 fully saturated rings. The molecule has 1 aliphatic heterocycles. The zero-order chi connectivity index (χ0) is 29.6. The maximum absolute atomic E-state index is 15.5. The number of methoxy groups -OCH3 is 1. The molecule has 2 aromatic heterocycles. The highest BCUT2D eigenvalue weighted by molar-refractivity contribution is 7.99. The van der Waals surface area contributed by atoms with Crippen molar-refractivity contribution in [1.82, 2.24) is 9.55 Å². The number of hydrogen-bond donors (Lipinski definition) is 1. The number of hydrogen-bond acceptors (Lipinski definition) is 7. The van der Waals surface area contributed by atoms with Crippen LogP contribution < -0.4 is 10.3 Å². The molecule has 0 radical (unpaired) electrons. The molecule has 1 aliphatic rings. The first-order chi connectivity index (χ1) is 19.5. The van der Waals surface area contributed by atoms with Crippen molar-refractivity contribution in [2.75, 3.05) is 12.9 Å². The van der Waals surface area contributed by atoms with Crippen molar-refractivity contribution in [1.29, 1.82) is 0 Å². The Morgan fingerprint density at radius 2 is 1.90 bits per heavy atom. The van der Waals surface area contributed by atoms with Gasteiger partial charge in [-0.3, -0.25) is 9.36 Å². The van der Waals surface area contributed by atoms with Crippen LogP contribution in [0.2, 0.25) is 0 Å². The second kappa shape index (κ2) is 10.9. The second-order valence-electron chi connectivity index (χ2n) is 9.31. The van der Waals surface area contributed by atoms with Gasteiger partial charge in [-0.15, -0.1) is 23.1 Å². The van der Waals surface area contributed by atoms with Crippen LogP contribution in [0, 0.1) is 25.5 Å². The number of pyridine rings is 1. The van der Waals surface area contributed by atoms with Crippen molar-refractivity contribution in [2.45, 2.75) is 37.5 Å². The van der Waals surface area contributed by atoms with Gasteiger partial charge in [0, 0.05) is 34.4 Å². The van der Waals surface area contributed by atoms with E-state index in [1.54, 1.807) is 13.1 Å². The first-order valence-corrected chi connectivity index (χ1v) is 14.0. The van der Waals surface area contributed by atoms with Gasteiger partial charge in [0.2, 0.25) is 0 Å². The Morgan fingerprint density at radius 3 is 2.54 bits per heavy atom. The average molecular weight is 608 g/mol. The fourth-order valence-electron chi connectivity index (χ4n) is 5.00. The number of benzene rings is 2. The average Bonchev–Trinajstić information content (AvgIpc) is 3.55. The van der Waals surface area contributed by atoms with E-state index in [9.17, 15) is 27.6 Å². The van der Waals surface area contributed by atoms with Crippen LogP contribution in [0.25, 0.3) is 11.1 Å². The molecule has 0 amide bonds. The van der Waals surface area contributed by atoms with Gasteiger partial charge in [0.25, 0.3) is 5.56 Å². The molecule has 13 heteroatoms. The molecule has 4 aromatic rings. The molecular formula is C28H22F5N3O3S2. The van der Waals surface area contributed by atoms with Crippen molar-refractivity contribution < 1.29 is 31.9 Å². The molecule has 0 saturated heterocycles. The molecule has 6 nitrogen and oxygen atoms in total. The lowest BCUT2D eigenvalue weighted by Crippen LogP contribution is -2.32. The standard InChI is InChI=1S/C28H22F5N3O3S2/c1-13-11-34-25(41-13)24(35-38)20-12-40-27-16(10-17-18(28(31,32)33)7-5-8-19(17)29)14(2)22(26(37)36(20)27)15-6-4-9-21(39-3)23(15)30/h4-9,11,20,38H,10,12H2,1-3H3. The summed E-state index contributed by atoms with van der Waals surface area (Å²) in [5.74, 6) is -1.86. The van der Waals surface area contributed by atoms with Gasteiger partial charge >= 0.3 is 6.18 Å². The van der Waals surface area contributed by atoms with Crippen LogP contribution >= 0.6 is 23.1 Å². The number of aromatic nitrogens is 2. The van der Waals surface area contributed by atoms with E-state index < -0.39 is 47.0 Å². The van der Waals surface area contributed by atoms with Crippen LogP contribution in [0.5, 0.6) is 5.75 Å². The summed E-state index contributed by atoms with van der Waals surface area (Å²) in [7, 11) is 1.26. The van der Waals surface area contributed by atoms with Gasteiger partial charge in [-0.25, -0.2) is 13.8 Å². The van der Waals surface area contributed by atoms with Gasteiger partial charge in [0.15, 0.2) is 11.6 Å². The third-order valence-electron chi connectivity index (χ3n) is 6.92. The van der Waals surface area contributed by atoms with Gasteiger partial charge in [-0.05, 0) is 43.2 Å². The minimum absolute atomic E-state index is 0.0742. The van der Waals surface area contributed by atoms with Crippen molar-refractivity contribution in [3.05, 3.63) is 96.7 Å². The molecule has 3 heterocycles. The SMILES string of the molecule is COc1cccc(-c2c(C)c(Cc3c(F)cccc3C(F)(F)F)c3n(c2=O)C(C(=NO)c2ncc(C)s2)CS3)c1F. The Hall–Kier alpha value is -3.71. The quantitative estimate of drug-likeness (QED) is 0.110. The van der Waals surface area contributed by atoms with Gasteiger partial charge < -0.3 is 9.94 Å². The Kier molecular flexibility index (Phi) is 7.68. The number of alkyl halides is 3. The normalized spacial score (nSPS) is 15.3. The van der Waals surface area contributed by atoms with E-state index in [0.29, 0.717) is 5.01 Å². The number of thiazole rings is 1. The van der Waals surface area contributed by atoms with Gasteiger partial charge in [-0.2, -0.15) is 13.2 Å². The largest absolute Gasteiger partial charge is 0.494 e. The third-order valence-corrected chi connectivity index (χ3v) is 9.06. The molecule has 0 aliphatic carbocycles. The van der Waals surface area contributed by atoms with Crippen LogP contribution in [0.3, 0.4) is 0 Å². The number of fused-ring (bicyclic) bond motifs is 1. The summed E-state index contributed by atoms with van der Waals surface area (Å²) in [5.41, 5.74) is -2.15. The van der Waals surface area contributed by atoms with Crippen LogP contribution in [0.1, 0.15) is 38.2 Å². The third kappa shape index (κ3) is 5.01. The number of ether oxygens (including phenoxy) is 1. The lowest BCUT2D eigenvalue weighted by atomic mass is 9.92. The van der Waals surface area contributed by atoms with E-state index in [1.165, 1.54) is 48.1 Å². The lowest BCUT2D eigenvalue weighted by molar-refractivity contribution is -0.138. The Bertz CT molecular complexity index is 1750. The number of thioether (sulfide) groups is 1. The second-order valence-corrected chi connectivity index (χ2v) is 11.6. The van der Waals surface area contributed by atoms with E-state index in [0.717, 1.165) is 34.8 Å². The summed E-state index contributed by atoms with van der Waals surface area (Å²) >= 11 is 2.39. The van der Waals surface area contributed by atoms with E-state index in [4.69, 9.17) is 4.74 Å². The molecule has 1 N–H and O–H groups in total. The highest BCUT2D eigenvalue weighted by atomic mass is 32.2. The van der Waals surface area contributed by atoms with Crippen LogP contribution in [-0.2, 0) is 12.6 Å². The molecule has 2 aromatic carbocycles. The summed E-state index contributed by atoms with van der Waals surface area (Å²) in [4.78, 5) is 19.2. The summed E-state index contributed by atoms with van der Waals surface area (Å²) < 4.78 is 78.6. The summed E-state index contributed by atoms with van der Waals surface area (Å²) in [6.45, 7) is 3.30. The molecular weight excluding hydrogens is 585 g/mol. The first-order valence-electron chi connectivity index (χ1n) is 12.2. The topological polar surface area (TPSA) is 76.7 Å². The highest BCUT2D eigenvalue weighted by Gasteiger charge is 2.38. The first kappa shape index (κ1) is 28.8. The minimum Gasteiger partial charge on any atom is -0.494 e. The molecule has 0 saturated carbocycles. The number of rotatable bonds is 6. The molecule has 41 heavy (non-hydrogen) atoms. The van der Waals surface area contributed by atoms with Gasteiger partial charge in [-0.1, -0.05) is 23.4 Å². The number of oxime groups is 1. The van der Waals surface area contributed by atoms with Crippen molar-refractivity contribution >= 4 is 28.8 Å². The van der Waals surface area contributed by atoms with Crippen molar-refractivity contribution in [3.8, 4) is 16.9 Å². The van der Waals surface area contributed by atoms with Gasteiger partial charge in [0.1, 0.15) is 16.5 Å². The maximum atomic E-state index is 15.5. The number of aryl methyl sites for hydroxylation is 1. The molecule has 0 spiro atoms. The zero-order valence-electron chi connectivity index (χ0n) is 21.8. The minimum atomic E-state index is -4.84. The predicted molar refractivity (Wildman–Crippen MR) is 147 cm³/mol. The number of nitrogens with zero attached hydrogens (tertiary/aromatic N) is 3. The summed E-state index contributed by atoms with van der Waals surface area (Å²) in [6.07, 6.45) is -3.79. The Balaban J connectivity index is 1.81. The fourth-order valence-corrected chi connectivity index (χ4v) is 7.16. The van der Waals surface area contributed by atoms with E-state index in [-0.39, 0.29) is 44.5 Å². The van der Waals surface area contributed by atoms with Crippen molar-refractivity contribution in [2.24, 2.45) is 5.16 Å². The molecule has 1 unspecified atom stereocenters. The van der Waals surface area contributed by atoms with E-state index in [1.807, 2.05) is 0 Å². The highest BCUT2D eigenvalue weighted by Crippen LogP contribution is 2.43. The molecule has 5 rings (SSSR count). The Morgan fingerprint density at radius 1 is 1.17 bits per heavy atom. The summed E-state index contributed by atoms with van der Waals surface area (Å²) in [5, 5.41) is 14.0. The monoisotopic (exact) mass is 607 g/mol. The lowest BCUT2D eigenvalue weighted by Gasteiger charge is -2.22. The fraction of sp³-hybridized carbons (Fsp3) is 0.250. The molecule has 214 valence electrons. The molecule has 0 bridgehead atoms. The van der Waals surface area contributed by atoms with Crippen LogP contribution in [-0.4, -0.2) is 33.3 Å². The van der Waals surface area contributed by atoms with Crippen LogP contribution in [0.15, 0.2) is 57.6 Å². The van der Waals surface area contributed by atoms with Crippen molar-refractivity contribution in [3.63, 3.8) is 0 Å². The summed E-state index contributed by atoms with van der Waals surface area (Å²) in [6, 6.07) is 6.05.